The van der Waals surface area contributed by atoms with Crippen molar-refractivity contribution in [2.24, 2.45) is 0 Å². The molecule has 136 valence electrons. The fraction of sp³-hybridized carbons (Fsp3) is 0.133. The molecule has 1 aromatic heterocycles. The summed E-state index contributed by atoms with van der Waals surface area (Å²) in [6.45, 7) is -0.529. The van der Waals surface area contributed by atoms with E-state index in [1.165, 1.54) is 31.4 Å². The van der Waals surface area contributed by atoms with Crippen molar-refractivity contribution in [1.82, 2.24) is 9.97 Å². The molecule has 0 amide bonds. The second-order valence-electron chi connectivity index (χ2n) is 4.81. The molecule has 1 heterocycles. The fourth-order valence-electron chi connectivity index (χ4n) is 1.94. The second kappa shape index (κ2) is 7.79. The molecular weight excluding hydrogens is 350 g/mol. The summed E-state index contributed by atoms with van der Waals surface area (Å²) in [6, 6.07) is 4.61. The zero-order chi connectivity index (χ0) is 19.3. The van der Waals surface area contributed by atoms with E-state index < -0.39 is 34.6 Å². The van der Waals surface area contributed by atoms with Crippen LogP contribution in [-0.2, 0) is 4.79 Å². The SMILES string of the molecule is COc1cc(/C=C\c2nc(O)c([N+](=O)[O-])c(=O)[nH]2)ccc1OCC(=O)O. The van der Waals surface area contributed by atoms with Crippen molar-refractivity contribution in [2.75, 3.05) is 13.7 Å². The Labute approximate surface area is 145 Å². The van der Waals surface area contributed by atoms with Gasteiger partial charge in [-0.3, -0.25) is 14.9 Å². The minimum absolute atomic E-state index is 0.0942. The van der Waals surface area contributed by atoms with Crippen LogP contribution in [0.2, 0.25) is 0 Å². The lowest BCUT2D eigenvalue weighted by Crippen LogP contribution is -2.14. The average molecular weight is 363 g/mol. The number of nitrogens with zero attached hydrogens (tertiary/aromatic N) is 2. The lowest BCUT2D eigenvalue weighted by Gasteiger charge is -2.09. The van der Waals surface area contributed by atoms with E-state index in [-0.39, 0.29) is 17.3 Å². The summed E-state index contributed by atoms with van der Waals surface area (Å²) in [6.07, 6.45) is 2.81. The lowest BCUT2D eigenvalue weighted by atomic mass is 10.2. The molecule has 11 heteroatoms. The van der Waals surface area contributed by atoms with Crippen LogP contribution in [0.5, 0.6) is 17.4 Å². The van der Waals surface area contributed by atoms with E-state index in [1.54, 1.807) is 6.07 Å². The number of carbonyl (C=O) groups is 1. The Bertz CT molecular complexity index is 935. The smallest absolute Gasteiger partial charge is 0.395 e. The molecule has 0 unspecified atom stereocenters. The predicted molar refractivity (Wildman–Crippen MR) is 88.2 cm³/mol. The Morgan fingerprint density at radius 1 is 1.38 bits per heavy atom. The van der Waals surface area contributed by atoms with Crippen LogP contribution < -0.4 is 15.0 Å². The Morgan fingerprint density at radius 3 is 2.69 bits per heavy atom. The van der Waals surface area contributed by atoms with Gasteiger partial charge in [0.15, 0.2) is 18.1 Å². The molecule has 0 radical (unpaired) electrons. The predicted octanol–water partition coefficient (Wildman–Crippen LogP) is 1.03. The number of rotatable bonds is 7. The number of nitro groups is 1. The van der Waals surface area contributed by atoms with Gasteiger partial charge in [0.2, 0.25) is 0 Å². The van der Waals surface area contributed by atoms with Crippen LogP contribution in [0.4, 0.5) is 5.69 Å². The number of benzene rings is 1. The van der Waals surface area contributed by atoms with E-state index in [2.05, 4.69) is 9.97 Å². The molecule has 0 saturated heterocycles. The number of methoxy groups -OCH3 is 1. The summed E-state index contributed by atoms with van der Waals surface area (Å²) in [5.41, 5.74) is -1.55. The maximum atomic E-state index is 11.6. The first-order valence-corrected chi connectivity index (χ1v) is 7.00. The number of ether oxygens (including phenoxy) is 2. The summed E-state index contributed by atoms with van der Waals surface area (Å²) >= 11 is 0. The minimum Gasteiger partial charge on any atom is -0.493 e. The van der Waals surface area contributed by atoms with Gasteiger partial charge in [0, 0.05) is 0 Å². The molecule has 26 heavy (non-hydrogen) atoms. The monoisotopic (exact) mass is 363 g/mol. The molecule has 2 rings (SSSR count). The molecule has 0 atom stereocenters. The van der Waals surface area contributed by atoms with Gasteiger partial charge in [0.05, 0.1) is 12.0 Å². The highest BCUT2D eigenvalue weighted by atomic mass is 16.6. The Hall–Kier alpha value is -3.89. The maximum absolute atomic E-state index is 11.6. The highest BCUT2D eigenvalue weighted by Gasteiger charge is 2.21. The van der Waals surface area contributed by atoms with Gasteiger partial charge in [-0.15, -0.1) is 0 Å². The third kappa shape index (κ3) is 4.35. The van der Waals surface area contributed by atoms with Crippen LogP contribution >= 0.6 is 0 Å². The standard InChI is InChI=1S/C15H13N3O8/c1-25-10-6-8(2-4-9(10)26-7-12(19)20)3-5-11-16-14(21)13(18(23)24)15(22)17-11/h2-6H,7H2,1H3,(H,19,20)(H2,16,17,21,22)/b5-3-. The molecule has 0 aliphatic heterocycles. The number of nitrogens with one attached hydrogen (secondary N) is 1. The third-order valence-corrected chi connectivity index (χ3v) is 3.05. The second-order valence-corrected chi connectivity index (χ2v) is 4.81. The molecule has 0 saturated carbocycles. The van der Waals surface area contributed by atoms with Gasteiger partial charge in [-0.25, -0.2) is 4.79 Å². The van der Waals surface area contributed by atoms with Crippen molar-refractivity contribution < 1.29 is 29.4 Å². The molecular formula is C15H13N3O8. The molecule has 0 aliphatic carbocycles. The largest absolute Gasteiger partial charge is 0.493 e. The van der Waals surface area contributed by atoms with Gasteiger partial charge in [0.25, 0.3) is 5.88 Å². The van der Waals surface area contributed by atoms with E-state index in [4.69, 9.17) is 14.6 Å². The molecule has 2 aromatic rings. The number of aromatic hydroxyl groups is 1. The van der Waals surface area contributed by atoms with Crippen molar-refractivity contribution in [3.05, 3.63) is 50.1 Å². The van der Waals surface area contributed by atoms with Gasteiger partial charge < -0.3 is 24.7 Å². The first kappa shape index (κ1) is 18.4. The molecule has 0 spiro atoms. The zero-order valence-electron chi connectivity index (χ0n) is 13.3. The van der Waals surface area contributed by atoms with Gasteiger partial charge in [-0.2, -0.15) is 4.98 Å². The van der Waals surface area contributed by atoms with E-state index >= 15 is 0 Å². The number of aliphatic carboxylic acids is 1. The number of hydrogen-bond donors (Lipinski definition) is 3. The fourth-order valence-corrected chi connectivity index (χ4v) is 1.94. The highest BCUT2D eigenvalue weighted by Crippen LogP contribution is 2.28. The topological polar surface area (TPSA) is 165 Å². The Kier molecular flexibility index (Phi) is 5.53. The number of hydrogen-bond acceptors (Lipinski definition) is 8. The van der Waals surface area contributed by atoms with E-state index in [0.29, 0.717) is 5.56 Å². The molecule has 11 nitrogen and oxygen atoms in total. The molecule has 0 aliphatic rings. The van der Waals surface area contributed by atoms with Crippen molar-refractivity contribution >= 4 is 23.8 Å². The normalized spacial score (nSPS) is 10.7. The van der Waals surface area contributed by atoms with Crippen LogP contribution in [0.15, 0.2) is 23.0 Å². The molecule has 0 fully saturated rings. The first-order chi connectivity index (χ1) is 12.3. The number of aromatic nitrogens is 2. The van der Waals surface area contributed by atoms with Crippen LogP contribution in [0, 0.1) is 10.1 Å². The number of carboxylic acid groups (broad SMARTS) is 1. The minimum atomic E-state index is -1.14. The van der Waals surface area contributed by atoms with Gasteiger partial charge in [-0.05, 0) is 23.8 Å². The summed E-state index contributed by atoms with van der Waals surface area (Å²) in [5.74, 6) is -1.71. The van der Waals surface area contributed by atoms with Crippen molar-refractivity contribution in [3.8, 4) is 17.4 Å². The van der Waals surface area contributed by atoms with Gasteiger partial charge >= 0.3 is 17.2 Å². The quantitative estimate of drug-likeness (QED) is 0.481. The average Bonchev–Trinajstić information content (AvgIpc) is 2.57. The Morgan fingerprint density at radius 2 is 2.12 bits per heavy atom. The van der Waals surface area contributed by atoms with Crippen LogP contribution in [0.1, 0.15) is 11.4 Å². The lowest BCUT2D eigenvalue weighted by molar-refractivity contribution is -0.387. The first-order valence-electron chi connectivity index (χ1n) is 7.00. The van der Waals surface area contributed by atoms with E-state index in [0.717, 1.165) is 0 Å². The number of aromatic amines is 1. The molecule has 3 N–H and O–H groups in total. The van der Waals surface area contributed by atoms with Crippen molar-refractivity contribution in [3.63, 3.8) is 0 Å². The van der Waals surface area contributed by atoms with E-state index in [9.17, 15) is 24.8 Å². The zero-order valence-corrected chi connectivity index (χ0v) is 13.3. The van der Waals surface area contributed by atoms with Crippen molar-refractivity contribution in [1.29, 1.82) is 0 Å². The summed E-state index contributed by atoms with van der Waals surface area (Å²) < 4.78 is 10.2. The van der Waals surface area contributed by atoms with Gasteiger partial charge in [-0.1, -0.05) is 12.1 Å². The Balaban J connectivity index is 2.26. The van der Waals surface area contributed by atoms with Gasteiger partial charge in [0.1, 0.15) is 5.82 Å². The number of H-pyrrole nitrogens is 1. The van der Waals surface area contributed by atoms with Crippen LogP contribution in [0.25, 0.3) is 12.2 Å². The highest BCUT2D eigenvalue weighted by molar-refractivity contribution is 5.70. The molecule has 1 aromatic carbocycles. The number of carboxylic acids is 1. The summed E-state index contributed by atoms with van der Waals surface area (Å²) in [4.78, 5) is 37.4. The van der Waals surface area contributed by atoms with Crippen LogP contribution in [-0.4, -0.2) is 44.8 Å². The van der Waals surface area contributed by atoms with E-state index in [1.807, 2.05) is 0 Å². The van der Waals surface area contributed by atoms with Crippen LogP contribution in [0.3, 0.4) is 0 Å². The summed E-state index contributed by atoms with van der Waals surface area (Å²) in [5, 5.41) is 28.7. The molecule has 0 bridgehead atoms. The summed E-state index contributed by atoms with van der Waals surface area (Å²) in [7, 11) is 1.38. The van der Waals surface area contributed by atoms with Crippen molar-refractivity contribution in [2.45, 2.75) is 0 Å². The maximum Gasteiger partial charge on any atom is 0.395 e. The third-order valence-electron chi connectivity index (χ3n) is 3.05.